The lowest BCUT2D eigenvalue weighted by Crippen LogP contribution is -2.37. The summed E-state index contributed by atoms with van der Waals surface area (Å²) in [5.41, 5.74) is 0.825. The number of hydrogen-bond donors (Lipinski definition) is 1. The third-order valence-electron chi connectivity index (χ3n) is 3.96. The van der Waals surface area contributed by atoms with Crippen LogP contribution in [0.15, 0.2) is 53.4 Å². The molecule has 1 aromatic heterocycles. The number of nitrogens with zero attached hydrogens (tertiary/aromatic N) is 3. The van der Waals surface area contributed by atoms with Crippen molar-refractivity contribution in [3.63, 3.8) is 0 Å². The summed E-state index contributed by atoms with van der Waals surface area (Å²) in [4.78, 5) is 24.5. The Morgan fingerprint density at radius 3 is 2.54 bits per heavy atom. The van der Waals surface area contributed by atoms with Crippen molar-refractivity contribution in [2.75, 3.05) is 11.9 Å². The number of carbonyl (C=O) groups is 2. The Bertz CT molecular complexity index is 1190. The van der Waals surface area contributed by atoms with E-state index >= 15 is 0 Å². The van der Waals surface area contributed by atoms with Gasteiger partial charge in [0.05, 0.1) is 5.56 Å². The summed E-state index contributed by atoms with van der Waals surface area (Å²) in [6.45, 7) is -0.647. The number of rotatable bonds is 4. The van der Waals surface area contributed by atoms with E-state index in [-0.39, 0.29) is 15.6 Å². The molecule has 0 atom stereocenters. The summed E-state index contributed by atoms with van der Waals surface area (Å²) in [6.07, 6.45) is 0. The smallest absolute Gasteiger partial charge is 0.269 e. The molecule has 0 spiro atoms. The molecule has 1 aliphatic rings. The highest BCUT2D eigenvalue weighted by Crippen LogP contribution is 2.30. The number of sulfonamides is 1. The van der Waals surface area contributed by atoms with Crippen molar-refractivity contribution in [1.29, 1.82) is 0 Å². The molecule has 3 aromatic rings. The van der Waals surface area contributed by atoms with Crippen molar-refractivity contribution in [2.24, 2.45) is 0 Å². The topological polar surface area (TPSA) is 109 Å². The van der Waals surface area contributed by atoms with Gasteiger partial charge in [0.25, 0.3) is 15.9 Å². The largest absolute Gasteiger partial charge is 0.299 e. The van der Waals surface area contributed by atoms with E-state index in [1.54, 1.807) is 30.3 Å². The summed E-state index contributed by atoms with van der Waals surface area (Å²) in [7, 11) is -4.05. The van der Waals surface area contributed by atoms with Crippen LogP contribution < -0.4 is 5.32 Å². The quantitative estimate of drug-likeness (QED) is 0.676. The molecule has 2 amide bonds. The van der Waals surface area contributed by atoms with Crippen molar-refractivity contribution < 1.29 is 18.0 Å². The zero-order chi connectivity index (χ0) is 19.9. The van der Waals surface area contributed by atoms with Gasteiger partial charge in [-0.15, -0.1) is 10.2 Å². The predicted molar refractivity (Wildman–Crippen MR) is 104 cm³/mol. The molecular formula is C17H11ClN4O4S2. The second kappa shape index (κ2) is 6.97. The standard InChI is InChI=1S/C17H11ClN4O4S2/c18-11-7-5-10(6-8-11)15-20-21-17(27-15)19-14(23)9-22-16(24)12-3-1-2-4-13(12)28(22,25)26/h1-8H,9H2,(H,19,21,23). The minimum Gasteiger partial charge on any atom is -0.299 e. The molecule has 1 N–H and O–H groups in total. The molecule has 28 heavy (non-hydrogen) atoms. The van der Waals surface area contributed by atoms with Gasteiger partial charge in [0, 0.05) is 10.6 Å². The van der Waals surface area contributed by atoms with Crippen LogP contribution in [0.4, 0.5) is 5.13 Å². The van der Waals surface area contributed by atoms with E-state index < -0.39 is 28.4 Å². The molecule has 2 aromatic carbocycles. The molecule has 0 fully saturated rings. The molecule has 0 saturated carbocycles. The Balaban J connectivity index is 1.49. The van der Waals surface area contributed by atoms with Gasteiger partial charge in [-0.25, -0.2) is 12.7 Å². The van der Waals surface area contributed by atoms with Crippen LogP contribution >= 0.6 is 22.9 Å². The van der Waals surface area contributed by atoms with Gasteiger partial charge in [-0.2, -0.15) is 0 Å². The predicted octanol–water partition coefficient (Wildman–Crippen LogP) is 2.64. The van der Waals surface area contributed by atoms with Crippen LogP contribution in [0.25, 0.3) is 10.6 Å². The van der Waals surface area contributed by atoms with Gasteiger partial charge in [0.1, 0.15) is 16.4 Å². The average Bonchev–Trinajstić information content (AvgIpc) is 3.20. The highest BCUT2D eigenvalue weighted by atomic mass is 35.5. The fourth-order valence-electron chi connectivity index (χ4n) is 2.66. The Labute approximate surface area is 168 Å². The van der Waals surface area contributed by atoms with E-state index in [1.807, 2.05) is 0 Å². The van der Waals surface area contributed by atoms with Gasteiger partial charge < -0.3 is 0 Å². The van der Waals surface area contributed by atoms with Gasteiger partial charge in [-0.3, -0.25) is 14.9 Å². The number of hydrogen-bond acceptors (Lipinski definition) is 7. The maximum absolute atomic E-state index is 12.5. The summed E-state index contributed by atoms with van der Waals surface area (Å²) in [5.74, 6) is -1.42. The van der Waals surface area contributed by atoms with Crippen LogP contribution in [-0.2, 0) is 14.8 Å². The van der Waals surface area contributed by atoms with Gasteiger partial charge in [0.2, 0.25) is 11.0 Å². The highest BCUT2D eigenvalue weighted by Gasteiger charge is 2.41. The summed E-state index contributed by atoms with van der Waals surface area (Å²) in [6, 6.07) is 12.8. The minimum atomic E-state index is -4.05. The molecule has 1 aliphatic heterocycles. The molecule has 0 unspecified atom stereocenters. The minimum absolute atomic E-state index is 0.0521. The van der Waals surface area contributed by atoms with Crippen molar-refractivity contribution >= 4 is 49.9 Å². The van der Waals surface area contributed by atoms with Crippen molar-refractivity contribution in [3.05, 3.63) is 59.1 Å². The van der Waals surface area contributed by atoms with Crippen LogP contribution in [0.1, 0.15) is 10.4 Å². The third-order valence-corrected chi connectivity index (χ3v) is 6.89. The summed E-state index contributed by atoms with van der Waals surface area (Å²) < 4.78 is 25.5. The van der Waals surface area contributed by atoms with E-state index in [0.717, 1.165) is 16.9 Å². The van der Waals surface area contributed by atoms with Crippen LogP contribution in [0.5, 0.6) is 0 Å². The number of amides is 2. The molecule has 142 valence electrons. The normalized spacial score (nSPS) is 14.8. The van der Waals surface area contributed by atoms with Gasteiger partial charge >= 0.3 is 0 Å². The first kappa shape index (κ1) is 18.5. The van der Waals surface area contributed by atoms with E-state index in [1.165, 1.54) is 18.2 Å². The van der Waals surface area contributed by atoms with E-state index in [0.29, 0.717) is 14.3 Å². The van der Waals surface area contributed by atoms with E-state index in [9.17, 15) is 18.0 Å². The highest BCUT2D eigenvalue weighted by molar-refractivity contribution is 7.90. The number of halogens is 1. The van der Waals surface area contributed by atoms with E-state index in [4.69, 9.17) is 11.6 Å². The zero-order valence-corrected chi connectivity index (χ0v) is 16.4. The molecule has 0 bridgehead atoms. The Morgan fingerprint density at radius 1 is 1.11 bits per heavy atom. The first-order valence-electron chi connectivity index (χ1n) is 7.91. The fourth-order valence-corrected chi connectivity index (χ4v) is 5.08. The van der Waals surface area contributed by atoms with Gasteiger partial charge in [-0.05, 0) is 24.3 Å². The number of carbonyl (C=O) groups excluding carboxylic acids is 2. The number of fused-ring (bicyclic) bond motifs is 1. The first-order valence-corrected chi connectivity index (χ1v) is 10.5. The van der Waals surface area contributed by atoms with Gasteiger partial charge in [0.15, 0.2) is 0 Å². The monoisotopic (exact) mass is 434 g/mol. The third kappa shape index (κ3) is 3.26. The Morgan fingerprint density at radius 2 is 1.82 bits per heavy atom. The van der Waals surface area contributed by atoms with Crippen LogP contribution in [0.2, 0.25) is 5.02 Å². The zero-order valence-electron chi connectivity index (χ0n) is 14.0. The Kier molecular flexibility index (Phi) is 4.61. The second-order valence-electron chi connectivity index (χ2n) is 5.78. The number of nitrogens with one attached hydrogen (secondary N) is 1. The van der Waals surface area contributed by atoms with Crippen molar-refractivity contribution in [1.82, 2.24) is 14.5 Å². The van der Waals surface area contributed by atoms with E-state index in [2.05, 4.69) is 15.5 Å². The SMILES string of the molecule is O=C(CN1C(=O)c2ccccc2S1(=O)=O)Nc1nnc(-c2ccc(Cl)cc2)s1. The summed E-state index contributed by atoms with van der Waals surface area (Å²) in [5, 5.41) is 11.7. The maximum Gasteiger partial charge on any atom is 0.269 e. The van der Waals surface area contributed by atoms with Crippen molar-refractivity contribution in [2.45, 2.75) is 4.90 Å². The molecule has 4 rings (SSSR count). The van der Waals surface area contributed by atoms with Crippen LogP contribution in [0, 0.1) is 0 Å². The molecule has 2 heterocycles. The lowest BCUT2D eigenvalue weighted by molar-refractivity contribution is -0.116. The number of aromatic nitrogens is 2. The maximum atomic E-state index is 12.5. The average molecular weight is 435 g/mol. The lowest BCUT2D eigenvalue weighted by Gasteiger charge is -2.13. The molecule has 11 heteroatoms. The molecule has 0 aliphatic carbocycles. The number of benzene rings is 2. The second-order valence-corrected chi connectivity index (χ2v) is 9.03. The van der Waals surface area contributed by atoms with Crippen LogP contribution in [0.3, 0.4) is 0 Å². The fraction of sp³-hybridized carbons (Fsp3) is 0.0588. The number of anilines is 1. The molecule has 0 radical (unpaired) electrons. The molecule has 0 saturated heterocycles. The Hall–Kier alpha value is -2.82. The van der Waals surface area contributed by atoms with Gasteiger partial charge in [-0.1, -0.05) is 47.2 Å². The van der Waals surface area contributed by atoms with Crippen molar-refractivity contribution in [3.8, 4) is 10.6 Å². The first-order chi connectivity index (χ1) is 13.4. The molecule has 8 nitrogen and oxygen atoms in total. The summed E-state index contributed by atoms with van der Waals surface area (Å²) >= 11 is 6.97. The van der Waals surface area contributed by atoms with Crippen LogP contribution in [-0.4, -0.2) is 41.3 Å². The molecular weight excluding hydrogens is 424 g/mol. The lowest BCUT2D eigenvalue weighted by atomic mass is 10.2.